The first-order valence-corrected chi connectivity index (χ1v) is 14.4. The number of urea groups is 1. The van der Waals surface area contributed by atoms with Crippen LogP contribution in [0, 0.1) is 19.8 Å². The Morgan fingerprint density at radius 1 is 1.14 bits per heavy atom. The van der Waals surface area contributed by atoms with E-state index in [0.717, 1.165) is 17.1 Å². The molecular formula is C31H39N5O7. The quantitative estimate of drug-likeness (QED) is 0.354. The van der Waals surface area contributed by atoms with Crippen molar-refractivity contribution in [2.45, 2.75) is 52.8 Å². The number of ether oxygens (including phenoxy) is 3. The monoisotopic (exact) mass is 593 g/mol. The summed E-state index contributed by atoms with van der Waals surface area (Å²) in [5.74, 6) is 2.41. The third kappa shape index (κ3) is 7.03. The molecule has 0 radical (unpaired) electrons. The maximum absolute atomic E-state index is 13.5. The maximum atomic E-state index is 13.5. The van der Waals surface area contributed by atoms with Gasteiger partial charge in [-0.3, -0.25) is 9.69 Å². The van der Waals surface area contributed by atoms with Crippen molar-refractivity contribution in [1.82, 2.24) is 15.0 Å². The van der Waals surface area contributed by atoms with Crippen LogP contribution in [0.25, 0.3) is 0 Å². The van der Waals surface area contributed by atoms with Gasteiger partial charge < -0.3 is 39.4 Å². The van der Waals surface area contributed by atoms with Gasteiger partial charge in [0.15, 0.2) is 17.3 Å². The van der Waals surface area contributed by atoms with Crippen LogP contribution in [0.3, 0.4) is 0 Å². The Kier molecular flexibility index (Phi) is 9.07. The number of nitrogens with zero attached hydrogens (tertiary/aromatic N) is 3. The van der Waals surface area contributed by atoms with Gasteiger partial charge in [-0.2, -0.15) is 0 Å². The van der Waals surface area contributed by atoms with Gasteiger partial charge in [-0.15, -0.1) is 0 Å². The molecule has 0 saturated carbocycles. The third-order valence-corrected chi connectivity index (χ3v) is 7.83. The fourth-order valence-corrected chi connectivity index (χ4v) is 5.39. The predicted molar refractivity (Wildman–Crippen MR) is 160 cm³/mol. The fourth-order valence-electron chi connectivity index (χ4n) is 5.39. The van der Waals surface area contributed by atoms with E-state index in [0.29, 0.717) is 53.8 Å². The average Bonchev–Trinajstić information content (AvgIpc) is 3.57. The van der Waals surface area contributed by atoms with E-state index >= 15 is 0 Å². The molecule has 230 valence electrons. The Morgan fingerprint density at radius 3 is 2.65 bits per heavy atom. The van der Waals surface area contributed by atoms with Gasteiger partial charge in [-0.25, -0.2) is 4.79 Å². The van der Waals surface area contributed by atoms with Gasteiger partial charge in [-0.05, 0) is 63.7 Å². The highest BCUT2D eigenvalue weighted by molar-refractivity contribution is 6.00. The Balaban J connectivity index is 1.36. The number of likely N-dealkylation sites (N-methyl/N-ethyl adjacent to an activating group) is 1. The van der Waals surface area contributed by atoms with E-state index in [2.05, 4.69) is 27.6 Å². The summed E-state index contributed by atoms with van der Waals surface area (Å²) in [6, 6.07) is 10.4. The topological polar surface area (TPSA) is 139 Å². The number of rotatable bonds is 8. The lowest BCUT2D eigenvalue weighted by Crippen LogP contribution is -2.47. The van der Waals surface area contributed by atoms with E-state index in [-0.39, 0.29) is 43.8 Å². The summed E-state index contributed by atoms with van der Waals surface area (Å²) < 4.78 is 22.7. The van der Waals surface area contributed by atoms with Gasteiger partial charge in [0.1, 0.15) is 23.2 Å². The lowest BCUT2D eigenvalue weighted by molar-refractivity contribution is -0.134. The number of aromatic nitrogens is 1. The smallest absolute Gasteiger partial charge is 0.323 e. The molecular weight excluding hydrogens is 554 g/mol. The molecule has 5 rings (SSSR count). The van der Waals surface area contributed by atoms with Crippen LogP contribution < -0.4 is 24.8 Å². The van der Waals surface area contributed by atoms with E-state index in [4.69, 9.17) is 18.7 Å². The molecule has 0 bridgehead atoms. The summed E-state index contributed by atoms with van der Waals surface area (Å²) in [4.78, 5) is 30.2. The number of nitrogens with one attached hydrogen (secondary N) is 2. The number of hydrogen-bond donors (Lipinski definition) is 3. The number of amides is 3. The molecule has 0 fully saturated rings. The Bertz CT molecular complexity index is 1460. The summed E-state index contributed by atoms with van der Waals surface area (Å²) in [5.41, 5.74) is 3.31. The fraction of sp³-hybridized carbons (Fsp3) is 0.452. The average molecular weight is 594 g/mol. The number of carbonyl (C=O) groups is 2. The van der Waals surface area contributed by atoms with E-state index in [9.17, 15) is 14.7 Å². The SMILES string of the molecule is Cc1noc(C)c1NC(=O)Nc1ccc2c(c1)CC(=O)N([C@@H](C)CO)C[C@H](C)[C@H](CN(C)Cc1ccc3c(c1)OCO3)O2. The lowest BCUT2D eigenvalue weighted by Gasteiger charge is -2.34. The summed E-state index contributed by atoms with van der Waals surface area (Å²) in [6.45, 7) is 9.12. The molecule has 12 heteroatoms. The van der Waals surface area contributed by atoms with Gasteiger partial charge in [0.2, 0.25) is 12.7 Å². The van der Waals surface area contributed by atoms with Gasteiger partial charge >= 0.3 is 6.03 Å². The van der Waals surface area contributed by atoms with Crippen molar-refractivity contribution in [2.24, 2.45) is 5.92 Å². The van der Waals surface area contributed by atoms with Crippen LogP contribution in [0.5, 0.6) is 17.2 Å². The van der Waals surface area contributed by atoms with Crippen LogP contribution >= 0.6 is 0 Å². The van der Waals surface area contributed by atoms with Crippen LogP contribution in [-0.4, -0.2) is 77.7 Å². The molecule has 2 aliphatic rings. The van der Waals surface area contributed by atoms with Crippen molar-refractivity contribution in [3.8, 4) is 17.2 Å². The van der Waals surface area contributed by atoms with Crippen molar-refractivity contribution in [3.63, 3.8) is 0 Å². The highest BCUT2D eigenvalue weighted by Crippen LogP contribution is 2.33. The zero-order valence-corrected chi connectivity index (χ0v) is 25.2. The van der Waals surface area contributed by atoms with E-state index in [1.165, 1.54) is 0 Å². The normalized spacial score (nSPS) is 18.8. The molecule has 12 nitrogen and oxygen atoms in total. The number of aliphatic hydroxyl groups excluding tert-OH is 1. The third-order valence-electron chi connectivity index (χ3n) is 7.83. The van der Waals surface area contributed by atoms with Crippen LogP contribution in [0.4, 0.5) is 16.2 Å². The van der Waals surface area contributed by atoms with Crippen molar-refractivity contribution in [3.05, 3.63) is 59.0 Å². The number of aliphatic hydroxyl groups is 1. The highest BCUT2D eigenvalue weighted by atomic mass is 16.7. The second-order valence-corrected chi connectivity index (χ2v) is 11.4. The van der Waals surface area contributed by atoms with Gasteiger partial charge in [0, 0.05) is 36.8 Å². The summed E-state index contributed by atoms with van der Waals surface area (Å²) >= 11 is 0. The number of anilines is 2. The molecule has 2 aromatic carbocycles. The first-order valence-electron chi connectivity index (χ1n) is 14.4. The molecule has 3 heterocycles. The molecule has 0 spiro atoms. The zero-order valence-electron chi connectivity index (χ0n) is 25.2. The molecule has 0 saturated heterocycles. The number of fused-ring (bicyclic) bond motifs is 2. The van der Waals surface area contributed by atoms with Crippen molar-refractivity contribution < 1.29 is 33.4 Å². The minimum Gasteiger partial charge on any atom is -0.488 e. The number of benzene rings is 2. The first-order chi connectivity index (χ1) is 20.6. The van der Waals surface area contributed by atoms with Crippen molar-refractivity contribution in [1.29, 1.82) is 0 Å². The van der Waals surface area contributed by atoms with E-state index in [1.807, 2.05) is 32.2 Å². The van der Waals surface area contributed by atoms with Crippen LogP contribution in [-0.2, 0) is 17.8 Å². The van der Waals surface area contributed by atoms with Gasteiger partial charge in [0.25, 0.3) is 0 Å². The van der Waals surface area contributed by atoms with Crippen LogP contribution in [0.1, 0.15) is 36.4 Å². The first kappa shape index (κ1) is 30.2. The number of aryl methyl sites for hydroxylation is 2. The number of hydrogen-bond acceptors (Lipinski definition) is 9. The maximum Gasteiger partial charge on any atom is 0.323 e. The second kappa shape index (κ2) is 12.9. The summed E-state index contributed by atoms with van der Waals surface area (Å²) in [7, 11) is 2.03. The zero-order chi connectivity index (χ0) is 30.7. The summed E-state index contributed by atoms with van der Waals surface area (Å²) in [5, 5.41) is 19.4. The minimum atomic E-state index is -0.461. The molecule has 43 heavy (non-hydrogen) atoms. The van der Waals surface area contributed by atoms with Gasteiger partial charge in [0.05, 0.1) is 19.1 Å². The Morgan fingerprint density at radius 2 is 1.91 bits per heavy atom. The largest absolute Gasteiger partial charge is 0.488 e. The molecule has 0 unspecified atom stereocenters. The molecule has 0 aliphatic carbocycles. The predicted octanol–water partition coefficient (Wildman–Crippen LogP) is 3.95. The van der Waals surface area contributed by atoms with E-state index in [1.54, 1.807) is 36.9 Å². The minimum absolute atomic E-state index is 0.0401. The Labute approximate surface area is 250 Å². The van der Waals surface area contributed by atoms with Crippen LogP contribution in [0.15, 0.2) is 40.9 Å². The lowest BCUT2D eigenvalue weighted by atomic mass is 10.0. The number of carbonyl (C=O) groups excluding carboxylic acids is 2. The molecule has 3 atom stereocenters. The standard InChI is InChI=1S/C31H39N5O7/c1-18-13-36(19(2)16-37)29(38)12-23-11-24(32-31(39)33-30-20(3)34-43-21(30)4)7-9-25(23)42-28(18)15-35(5)14-22-6-8-26-27(10-22)41-17-40-26/h6-11,18-19,28,37H,12-17H2,1-5H3,(H2,32,33,39)/t18-,19-,28-/m0/s1. The highest BCUT2D eigenvalue weighted by Gasteiger charge is 2.31. The summed E-state index contributed by atoms with van der Waals surface area (Å²) in [6.07, 6.45) is -0.202. The molecule has 1 aromatic heterocycles. The van der Waals surface area contributed by atoms with Crippen LogP contribution in [0.2, 0.25) is 0 Å². The van der Waals surface area contributed by atoms with Gasteiger partial charge in [-0.1, -0.05) is 18.1 Å². The molecule has 3 amide bonds. The second-order valence-electron chi connectivity index (χ2n) is 11.4. The molecule has 2 aliphatic heterocycles. The van der Waals surface area contributed by atoms with Crippen molar-refractivity contribution in [2.75, 3.05) is 44.2 Å². The van der Waals surface area contributed by atoms with Crippen molar-refractivity contribution >= 4 is 23.3 Å². The molecule has 3 aromatic rings. The molecule has 3 N–H and O–H groups in total. The Hall–Kier alpha value is -4.29. The van der Waals surface area contributed by atoms with E-state index < -0.39 is 6.03 Å².